The largest absolute Gasteiger partial charge is 0.497 e. The van der Waals surface area contributed by atoms with E-state index < -0.39 is 0 Å². The Morgan fingerprint density at radius 3 is 2.58 bits per heavy atom. The van der Waals surface area contributed by atoms with Crippen LogP contribution >= 0.6 is 11.6 Å². The summed E-state index contributed by atoms with van der Waals surface area (Å²) in [4.78, 5) is 29.3. The molecule has 2 aromatic heterocycles. The van der Waals surface area contributed by atoms with Gasteiger partial charge in [0, 0.05) is 52.2 Å². The van der Waals surface area contributed by atoms with E-state index in [-0.39, 0.29) is 11.9 Å². The van der Waals surface area contributed by atoms with Gasteiger partial charge in [0.25, 0.3) is 5.91 Å². The Kier molecular flexibility index (Phi) is 7.97. The SMILES string of the molecule is COc1ccc2c(CCN=C(NC(=O)/C=C/c3ccc(Cl)cc3)Nc3nc(C)cc(C)n3)c[nH]c2c1. The summed E-state index contributed by atoms with van der Waals surface area (Å²) in [6, 6.07) is 15.0. The minimum atomic E-state index is -0.334. The van der Waals surface area contributed by atoms with Crippen molar-refractivity contribution in [3.8, 4) is 5.75 Å². The number of amides is 1. The van der Waals surface area contributed by atoms with Crippen molar-refractivity contribution in [3.05, 3.63) is 88.3 Å². The second-order valence-electron chi connectivity index (χ2n) is 8.18. The van der Waals surface area contributed by atoms with Gasteiger partial charge in [-0.05, 0) is 67.8 Å². The van der Waals surface area contributed by atoms with Crippen LogP contribution in [0.4, 0.5) is 5.95 Å². The van der Waals surface area contributed by atoms with Crippen LogP contribution in [0.25, 0.3) is 17.0 Å². The van der Waals surface area contributed by atoms with E-state index in [1.807, 2.05) is 56.4 Å². The first-order valence-corrected chi connectivity index (χ1v) is 11.8. The number of hydrogen-bond acceptors (Lipinski definition) is 5. The Balaban J connectivity index is 1.49. The number of rotatable bonds is 7. The molecule has 184 valence electrons. The van der Waals surface area contributed by atoms with Gasteiger partial charge in [0.1, 0.15) is 5.75 Å². The zero-order valence-corrected chi connectivity index (χ0v) is 21.1. The van der Waals surface area contributed by atoms with Crippen molar-refractivity contribution >= 4 is 46.4 Å². The molecule has 0 radical (unpaired) electrons. The van der Waals surface area contributed by atoms with Crippen molar-refractivity contribution in [3.63, 3.8) is 0 Å². The second kappa shape index (κ2) is 11.5. The van der Waals surface area contributed by atoms with Crippen LogP contribution in [0.15, 0.2) is 65.8 Å². The van der Waals surface area contributed by atoms with Crippen molar-refractivity contribution in [1.29, 1.82) is 0 Å². The fourth-order valence-corrected chi connectivity index (χ4v) is 3.82. The average molecular weight is 503 g/mol. The standard InChI is InChI=1S/C27H27ClN6O2/c1-17-14-18(2)32-27(31-17)34-26(33-25(35)11-6-19-4-7-21(28)8-5-19)29-13-12-20-16-30-24-15-22(36-3)9-10-23(20)24/h4-11,14-16,30H,12-13H2,1-3H3,(H2,29,31,32,33,34,35)/b11-6+. The maximum Gasteiger partial charge on any atom is 0.250 e. The number of halogens is 1. The molecule has 0 saturated carbocycles. The van der Waals surface area contributed by atoms with Gasteiger partial charge in [-0.25, -0.2) is 9.97 Å². The van der Waals surface area contributed by atoms with Gasteiger partial charge in [-0.15, -0.1) is 0 Å². The van der Waals surface area contributed by atoms with Gasteiger partial charge < -0.3 is 9.72 Å². The van der Waals surface area contributed by atoms with Crippen molar-refractivity contribution in [2.24, 2.45) is 4.99 Å². The summed E-state index contributed by atoms with van der Waals surface area (Å²) in [6.45, 7) is 4.21. The highest BCUT2D eigenvalue weighted by Gasteiger charge is 2.09. The second-order valence-corrected chi connectivity index (χ2v) is 8.62. The molecule has 0 aliphatic rings. The lowest BCUT2D eigenvalue weighted by Crippen LogP contribution is -2.35. The van der Waals surface area contributed by atoms with Gasteiger partial charge in [-0.2, -0.15) is 0 Å². The molecule has 0 aliphatic heterocycles. The Bertz CT molecular complexity index is 1410. The van der Waals surface area contributed by atoms with Crippen LogP contribution in [0.5, 0.6) is 5.75 Å². The number of methoxy groups -OCH3 is 1. The molecule has 1 amide bonds. The van der Waals surface area contributed by atoms with Gasteiger partial charge in [0.2, 0.25) is 11.9 Å². The number of fused-ring (bicyclic) bond motifs is 1. The Morgan fingerprint density at radius 2 is 1.86 bits per heavy atom. The minimum absolute atomic E-state index is 0.271. The van der Waals surface area contributed by atoms with E-state index in [2.05, 4.69) is 30.6 Å². The third-order valence-electron chi connectivity index (χ3n) is 5.38. The number of H-pyrrole nitrogens is 1. The minimum Gasteiger partial charge on any atom is -0.497 e. The molecule has 0 spiro atoms. The number of aromatic nitrogens is 3. The summed E-state index contributed by atoms with van der Waals surface area (Å²) in [5.74, 6) is 1.10. The van der Waals surface area contributed by atoms with E-state index in [4.69, 9.17) is 16.3 Å². The fourth-order valence-electron chi connectivity index (χ4n) is 3.69. The number of aromatic amines is 1. The summed E-state index contributed by atoms with van der Waals surface area (Å²) in [5, 5.41) is 7.59. The number of carbonyl (C=O) groups is 1. The number of carbonyl (C=O) groups excluding carboxylic acids is 1. The molecular formula is C27H27ClN6O2. The normalized spacial score (nSPS) is 11.7. The first-order valence-electron chi connectivity index (χ1n) is 11.4. The molecule has 2 heterocycles. The van der Waals surface area contributed by atoms with Crippen molar-refractivity contribution in [2.75, 3.05) is 19.0 Å². The van der Waals surface area contributed by atoms with Crippen LogP contribution in [0, 0.1) is 13.8 Å². The van der Waals surface area contributed by atoms with Crippen molar-refractivity contribution in [1.82, 2.24) is 20.3 Å². The summed E-state index contributed by atoms with van der Waals surface area (Å²) >= 11 is 5.93. The molecule has 8 nitrogen and oxygen atoms in total. The Morgan fingerprint density at radius 1 is 1.11 bits per heavy atom. The first-order chi connectivity index (χ1) is 17.4. The average Bonchev–Trinajstić information content (AvgIpc) is 3.25. The first kappa shape index (κ1) is 24.9. The molecule has 0 atom stereocenters. The van der Waals surface area contributed by atoms with Crippen LogP contribution in [-0.2, 0) is 11.2 Å². The molecule has 0 unspecified atom stereocenters. The van der Waals surface area contributed by atoms with Gasteiger partial charge in [-0.1, -0.05) is 23.7 Å². The smallest absolute Gasteiger partial charge is 0.250 e. The summed E-state index contributed by atoms with van der Waals surface area (Å²) in [6.07, 6.45) is 5.78. The van der Waals surface area contributed by atoms with Gasteiger partial charge in [-0.3, -0.25) is 20.4 Å². The van der Waals surface area contributed by atoms with Gasteiger partial charge in [0.05, 0.1) is 7.11 Å². The quantitative estimate of drug-likeness (QED) is 0.186. The number of nitrogens with zero attached hydrogens (tertiary/aromatic N) is 3. The summed E-state index contributed by atoms with van der Waals surface area (Å²) in [5.41, 5.74) is 4.60. The number of anilines is 1. The molecular weight excluding hydrogens is 476 g/mol. The van der Waals surface area contributed by atoms with E-state index >= 15 is 0 Å². The van der Waals surface area contributed by atoms with Crippen LogP contribution in [-0.4, -0.2) is 40.5 Å². The molecule has 0 aliphatic carbocycles. The number of guanidine groups is 1. The predicted octanol–water partition coefficient (Wildman–Crippen LogP) is 5.08. The number of benzene rings is 2. The predicted molar refractivity (Wildman–Crippen MR) is 145 cm³/mol. The van der Waals surface area contributed by atoms with Crippen LogP contribution in [0.3, 0.4) is 0 Å². The molecule has 9 heteroatoms. The van der Waals surface area contributed by atoms with Gasteiger partial charge >= 0.3 is 0 Å². The zero-order valence-electron chi connectivity index (χ0n) is 20.3. The maximum atomic E-state index is 12.6. The van der Waals surface area contributed by atoms with E-state index in [1.165, 1.54) is 6.08 Å². The highest BCUT2D eigenvalue weighted by atomic mass is 35.5. The molecule has 2 aromatic carbocycles. The van der Waals surface area contributed by atoms with Crippen LogP contribution in [0.2, 0.25) is 5.02 Å². The lowest BCUT2D eigenvalue weighted by molar-refractivity contribution is -0.115. The summed E-state index contributed by atoms with van der Waals surface area (Å²) < 4.78 is 5.29. The van der Waals surface area contributed by atoms with Crippen molar-refractivity contribution in [2.45, 2.75) is 20.3 Å². The zero-order chi connectivity index (χ0) is 25.5. The maximum absolute atomic E-state index is 12.6. The fraction of sp³-hybridized carbons (Fsp3) is 0.185. The molecule has 4 rings (SSSR count). The van der Waals surface area contributed by atoms with Gasteiger partial charge in [0.15, 0.2) is 0 Å². The lowest BCUT2D eigenvalue weighted by atomic mass is 10.1. The third-order valence-corrected chi connectivity index (χ3v) is 5.63. The van der Waals surface area contributed by atoms with Crippen LogP contribution < -0.4 is 15.4 Å². The number of ether oxygens (including phenoxy) is 1. The topological polar surface area (TPSA) is 104 Å². The van der Waals surface area contributed by atoms with E-state index in [0.717, 1.165) is 39.2 Å². The highest BCUT2D eigenvalue weighted by molar-refractivity contribution is 6.30. The third kappa shape index (κ3) is 6.70. The van der Waals surface area contributed by atoms with Crippen LogP contribution in [0.1, 0.15) is 22.5 Å². The molecule has 0 fully saturated rings. The number of hydrogen-bond donors (Lipinski definition) is 3. The monoisotopic (exact) mass is 502 g/mol. The molecule has 4 aromatic rings. The van der Waals surface area contributed by atoms with Crippen molar-refractivity contribution < 1.29 is 9.53 Å². The Hall–Kier alpha value is -4.17. The molecule has 3 N–H and O–H groups in total. The number of aryl methyl sites for hydroxylation is 2. The summed E-state index contributed by atoms with van der Waals surface area (Å²) in [7, 11) is 1.65. The van der Waals surface area contributed by atoms with E-state index in [1.54, 1.807) is 25.3 Å². The number of nitrogens with one attached hydrogen (secondary N) is 3. The highest BCUT2D eigenvalue weighted by Crippen LogP contribution is 2.23. The van der Waals surface area contributed by atoms with E-state index in [0.29, 0.717) is 23.9 Å². The van der Waals surface area contributed by atoms with E-state index in [9.17, 15) is 4.79 Å². The Labute approximate surface area is 214 Å². The molecule has 0 bridgehead atoms. The molecule has 36 heavy (non-hydrogen) atoms. The lowest BCUT2D eigenvalue weighted by Gasteiger charge is -2.10. The number of aliphatic imine (C=N–C) groups is 1. The molecule has 0 saturated heterocycles.